The van der Waals surface area contributed by atoms with E-state index in [0.717, 1.165) is 16.0 Å². The molecule has 0 N–H and O–H groups in total. The number of amides is 1. The average Bonchev–Trinajstić information content (AvgIpc) is 3.37. The third kappa shape index (κ3) is 4.14. The zero-order valence-electron chi connectivity index (χ0n) is 16.3. The van der Waals surface area contributed by atoms with Crippen LogP contribution in [0.25, 0.3) is 0 Å². The molecule has 152 valence electrons. The van der Waals surface area contributed by atoms with Gasteiger partial charge in [0.1, 0.15) is 6.17 Å². The molecule has 1 atom stereocenters. The number of nitro benzene ring substituents is 1. The lowest BCUT2D eigenvalue weighted by Gasteiger charge is -2.26. The van der Waals surface area contributed by atoms with Crippen molar-refractivity contribution in [1.82, 2.24) is 9.91 Å². The van der Waals surface area contributed by atoms with Crippen LogP contribution >= 0.6 is 11.3 Å². The minimum absolute atomic E-state index is 0.0225. The summed E-state index contributed by atoms with van der Waals surface area (Å²) in [6.45, 7) is 2.71. The first-order valence-electron chi connectivity index (χ1n) is 9.46. The molecule has 1 aliphatic heterocycles. The summed E-state index contributed by atoms with van der Waals surface area (Å²) >= 11 is 1.59. The van der Waals surface area contributed by atoms with E-state index in [4.69, 9.17) is 0 Å². The largest absolute Gasteiger partial charge is 0.271 e. The van der Waals surface area contributed by atoms with Crippen LogP contribution in [0.3, 0.4) is 0 Å². The van der Waals surface area contributed by atoms with Gasteiger partial charge in [0.15, 0.2) is 0 Å². The SMILES string of the molecule is C/C(=N/N1C(=O)CN(Cc2ccccc2)[C@H]1c1cccs1)c1ccc([N+](=O)[O-])cc1. The summed E-state index contributed by atoms with van der Waals surface area (Å²) in [6, 6.07) is 20.2. The van der Waals surface area contributed by atoms with Gasteiger partial charge in [-0.3, -0.25) is 19.8 Å². The lowest BCUT2D eigenvalue weighted by molar-refractivity contribution is -0.384. The highest BCUT2D eigenvalue weighted by Gasteiger charge is 2.39. The molecule has 0 aliphatic carbocycles. The van der Waals surface area contributed by atoms with E-state index in [1.54, 1.807) is 30.4 Å². The normalized spacial score (nSPS) is 17.5. The first kappa shape index (κ1) is 19.9. The summed E-state index contributed by atoms with van der Waals surface area (Å²) < 4.78 is 0. The molecule has 0 unspecified atom stereocenters. The van der Waals surface area contributed by atoms with Crippen LogP contribution in [-0.4, -0.2) is 33.0 Å². The molecular weight excluding hydrogens is 400 g/mol. The number of carbonyl (C=O) groups is 1. The molecule has 1 aliphatic rings. The van der Waals surface area contributed by atoms with Gasteiger partial charge in [-0.25, -0.2) is 5.01 Å². The second-order valence-electron chi connectivity index (χ2n) is 7.01. The number of carbonyl (C=O) groups excluding carboxylic acids is 1. The number of hydrogen-bond donors (Lipinski definition) is 0. The molecule has 2 aromatic carbocycles. The lowest BCUT2D eigenvalue weighted by Crippen LogP contribution is -2.28. The van der Waals surface area contributed by atoms with E-state index < -0.39 is 4.92 Å². The van der Waals surface area contributed by atoms with Crippen LogP contribution in [0.15, 0.2) is 77.2 Å². The minimum Gasteiger partial charge on any atom is -0.271 e. The Morgan fingerprint density at radius 3 is 2.50 bits per heavy atom. The summed E-state index contributed by atoms with van der Waals surface area (Å²) in [5.41, 5.74) is 2.51. The molecule has 1 amide bonds. The lowest BCUT2D eigenvalue weighted by atomic mass is 10.1. The van der Waals surface area contributed by atoms with Gasteiger partial charge in [0, 0.05) is 23.6 Å². The average molecular weight is 420 g/mol. The monoisotopic (exact) mass is 420 g/mol. The third-order valence-electron chi connectivity index (χ3n) is 4.95. The number of rotatable bonds is 6. The Kier molecular flexibility index (Phi) is 5.69. The van der Waals surface area contributed by atoms with E-state index in [1.807, 2.05) is 47.8 Å². The number of thiophene rings is 1. The molecule has 7 nitrogen and oxygen atoms in total. The Bertz CT molecular complexity index is 1070. The topological polar surface area (TPSA) is 79.0 Å². The van der Waals surface area contributed by atoms with Gasteiger partial charge >= 0.3 is 0 Å². The highest BCUT2D eigenvalue weighted by molar-refractivity contribution is 7.10. The Morgan fingerprint density at radius 1 is 1.13 bits per heavy atom. The van der Waals surface area contributed by atoms with Crippen molar-refractivity contribution >= 4 is 28.6 Å². The van der Waals surface area contributed by atoms with Crippen LogP contribution in [-0.2, 0) is 11.3 Å². The van der Waals surface area contributed by atoms with E-state index >= 15 is 0 Å². The fraction of sp³-hybridized carbons (Fsp3) is 0.182. The summed E-state index contributed by atoms with van der Waals surface area (Å²) in [4.78, 5) is 26.5. The van der Waals surface area contributed by atoms with Crippen molar-refractivity contribution in [1.29, 1.82) is 0 Å². The number of non-ortho nitro benzene ring substituents is 1. The first-order chi connectivity index (χ1) is 14.5. The van der Waals surface area contributed by atoms with Gasteiger partial charge in [-0.15, -0.1) is 11.3 Å². The van der Waals surface area contributed by atoms with E-state index in [9.17, 15) is 14.9 Å². The highest BCUT2D eigenvalue weighted by Crippen LogP contribution is 2.35. The molecular formula is C22H20N4O3S. The summed E-state index contributed by atoms with van der Waals surface area (Å²) in [6.07, 6.45) is -0.286. The van der Waals surface area contributed by atoms with Gasteiger partial charge in [-0.1, -0.05) is 36.4 Å². The van der Waals surface area contributed by atoms with Crippen molar-refractivity contribution in [2.45, 2.75) is 19.6 Å². The zero-order chi connectivity index (χ0) is 21.1. The molecule has 0 saturated carbocycles. The standard InChI is InChI=1S/C22H20N4O3S/c1-16(18-9-11-19(12-10-18)26(28)29)23-25-21(27)15-24(14-17-6-3-2-4-7-17)22(25)20-8-5-13-30-20/h2-13,22H,14-15H2,1H3/b23-16-/t22-/m1/s1. The molecule has 1 aromatic heterocycles. The predicted molar refractivity (Wildman–Crippen MR) is 116 cm³/mol. The van der Waals surface area contributed by atoms with Gasteiger partial charge in [-0.2, -0.15) is 5.10 Å². The molecule has 30 heavy (non-hydrogen) atoms. The number of nitro groups is 1. The molecule has 0 radical (unpaired) electrons. The first-order valence-corrected chi connectivity index (χ1v) is 10.3. The summed E-state index contributed by atoms with van der Waals surface area (Å²) in [7, 11) is 0. The van der Waals surface area contributed by atoms with Crippen LogP contribution in [0.1, 0.15) is 29.1 Å². The third-order valence-corrected chi connectivity index (χ3v) is 5.86. The molecule has 0 bridgehead atoms. The Balaban J connectivity index is 1.64. The van der Waals surface area contributed by atoms with Gasteiger partial charge < -0.3 is 0 Å². The van der Waals surface area contributed by atoms with Gasteiger partial charge in [0.2, 0.25) is 0 Å². The van der Waals surface area contributed by atoms with Crippen LogP contribution in [0.4, 0.5) is 5.69 Å². The van der Waals surface area contributed by atoms with Crippen LogP contribution in [0.2, 0.25) is 0 Å². The molecule has 3 aromatic rings. The molecule has 1 fully saturated rings. The van der Waals surface area contributed by atoms with E-state index in [2.05, 4.69) is 10.0 Å². The second kappa shape index (κ2) is 8.56. The number of hydrogen-bond acceptors (Lipinski definition) is 6. The molecule has 4 rings (SSSR count). The predicted octanol–water partition coefficient (Wildman–Crippen LogP) is 4.42. The fourth-order valence-electron chi connectivity index (χ4n) is 3.48. The van der Waals surface area contributed by atoms with Crippen molar-refractivity contribution in [2.75, 3.05) is 6.54 Å². The van der Waals surface area contributed by atoms with Crippen molar-refractivity contribution in [2.24, 2.45) is 5.10 Å². The smallest absolute Gasteiger partial charge is 0.269 e. The van der Waals surface area contributed by atoms with Crippen LogP contribution in [0.5, 0.6) is 0 Å². The summed E-state index contributed by atoms with van der Waals surface area (Å²) in [5.74, 6) is -0.0782. The van der Waals surface area contributed by atoms with Gasteiger partial charge in [-0.05, 0) is 41.6 Å². The fourth-order valence-corrected chi connectivity index (χ4v) is 4.32. The number of benzene rings is 2. The van der Waals surface area contributed by atoms with Gasteiger partial charge in [0.05, 0.1) is 17.2 Å². The molecule has 2 heterocycles. The molecule has 1 saturated heterocycles. The quantitative estimate of drug-likeness (QED) is 0.336. The van der Waals surface area contributed by atoms with Crippen molar-refractivity contribution in [3.63, 3.8) is 0 Å². The molecule has 8 heteroatoms. The maximum atomic E-state index is 12.9. The van der Waals surface area contributed by atoms with Crippen LogP contribution in [0, 0.1) is 10.1 Å². The Labute approximate surface area is 178 Å². The zero-order valence-corrected chi connectivity index (χ0v) is 17.2. The number of hydrazone groups is 1. The molecule has 0 spiro atoms. The maximum Gasteiger partial charge on any atom is 0.269 e. The number of nitrogens with zero attached hydrogens (tertiary/aromatic N) is 4. The van der Waals surface area contributed by atoms with Crippen LogP contribution < -0.4 is 0 Å². The van der Waals surface area contributed by atoms with Crippen molar-refractivity contribution < 1.29 is 9.72 Å². The maximum absolute atomic E-state index is 12.9. The van der Waals surface area contributed by atoms with E-state index in [0.29, 0.717) is 12.3 Å². The Morgan fingerprint density at radius 2 is 1.87 bits per heavy atom. The van der Waals surface area contributed by atoms with E-state index in [1.165, 1.54) is 17.1 Å². The Hall–Kier alpha value is -3.36. The summed E-state index contributed by atoms with van der Waals surface area (Å²) in [5, 5.41) is 19.0. The van der Waals surface area contributed by atoms with Crippen molar-refractivity contribution in [3.05, 3.63) is 98.2 Å². The van der Waals surface area contributed by atoms with Gasteiger partial charge in [0.25, 0.3) is 11.6 Å². The van der Waals surface area contributed by atoms with E-state index in [-0.39, 0.29) is 24.3 Å². The highest BCUT2D eigenvalue weighted by atomic mass is 32.1. The second-order valence-corrected chi connectivity index (χ2v) is 7.99. The minimum atomic E-state index is -0.436. The van der Waals surface area contributed by atoms with Crippen molar-refractivity contribution in [3.8, 4) is 0 Å².